The second-order valence-corrected chi connectivity index (χ2v) is 7.50. The first kappa shape index (κ1) is 17.0. The molecule has 0 spiro atoms. The van der Waals surface area contributed by atoms with E-state index in [4.69, 9.17) is 0 Å². The SMILES string of the molecule is O=C(Nc1nn(S(=O)(=O)c2ccccc2)c(=O)s1)c1ccc(F)cc1. The van der Waals surface area contributed by atoms with Gasteiger partial charge in [-0.3, -0.25) is 14.9 Å². The summed E-state index contributed by atoms with van der Waals surface area (Å²) in [5.41, 5.74) is 0.140. The van der Waals surface area contributed by atoms with Gasteiger partial charge >= 0.3 is 4.87 Å². The van der Waals surface area contributed by atoms with Crippen molar-refractivity contribution in [2.75, 3.05) is 5.32 Å². The van der Waals surface area contributed by atoms with Gasteiger partial charge in [0, 0.05) is 5.56 Å². The molecule has 0 atom stereocenters. The monoisotopic (exact) mass is 379 g/mol. The number of halogens is 1. The number of benzene rings is 2. The molecule has 0 saturated carbocycles. The van der Waals surface area contributed by atoms with Crippen molar-refractivity contribution in [1.82, 2.24) is 9.19 Å². The first-order valence-corrected chi connectivity index (χ1v) is 9.11. The Labute approximate surface area is 145 Å². The van der Waals surface area contributed by atoms with E-state index < -0.39 is 26.6 Å². The summed E-state index contributed by atoms with van der Waals surface area (Å²) in [6.07, 6.45) is 0. The van der Waals surface area contributed by atoms with Crippen LogP contribution in [-0.2, 0) is 10.0 Å². The molecule has 128 valence electrons. The molecule has 0 aliphatic heterocycles. The smallest absolute Gasteiger partial charge is 0.296 e. The Kier molecular flexibility index (Phi) is 4.47. The summed E-state index contributed by atoms with van der Waals surface area (Å²) in [5.74, 6) is -1.14. The van der Waals surface area contributed by atoms with Crippen molar-refractivity contribution in [1.29, 1.82) is 0 Å². The van der Waals surface area contributed by atoms with E-state index in [9.17, 15) is 22.4 Å². The molecule has 3 aromatic rings. The van der Waals surface area contributed by atoms with Gasteiger partial charge in [-0.05, 0) is 47.7 Å². The van der Waals surface area contributed by atoms with E-state index in [0.29, 0.717) is 15.4 Å². The van der Waals surface area contributed by atoms with E-state index in [1.807, 2.05) is 0 Å². The molecule has 0 unspecified atom stereocenters. The van der Waals surface area contributed by atoms with E-state index >= 15 is 0 Å². The first-order chi connectivity index (χ1) is 11.9. The van der Waals surface area contributed by atoms with Crippen LogP contribution in [0.3, 0.4) is 0 Å². The molecule has 0 fully saturated rings. The van der Waals surface area contributed by atoms with Gasteiger partial charge in [0.2, 0.25) is 5.13 Å². The quantitative estimate of drug-likeness (QED) is 0.747. The van der Waals surface area contributed by atoms with Gasteiger partial charge in [-0.25, -0.2) is 4.39 Å². The Balaban J connectivity index is 1.89. The fourth-order valence-corrected chi connectivity index (χ4v) is 4.03. The maximum atomic E-state index is 12.9. The lowest BCUT2D eigenvalue weighted by Crippen LogP contribution is -2.24. The summed E-state index contributed by atoms with van der Waals surface area (Å²) in [6.45, 7) is 0. The molecule has 0 saturated heterocycles. The van der Waals surface area contributed by atoms with Gasteiger partial charge in [0.1, 0.15) is 5.82 Å². The molecule has 1 heterocycles. The lowest BCUT2D eigenvalue weighted by Gasteiger charge is -2.03. The topological polar surface area (TPSA) is 98.1 Å². The number of aromatic nitrogens is 2. The van der Waals surface area contributed by atoms with Crippen molar-refractivity contribution in [3.05, 3.63) is 75.6 Å². The summed E-state index contributed by atoms with van der Waals surface area (Å²) in [5, 5.41) is 5.81. The first-order valence-electron chi connectivity index (χ1n) is 6.85. The maximum Gasteiger partial charge on any atom is 0.341 e. The zero-order chi connectivity index (χ0) is 18.0. The van der Waals surface area contributed by atoms with E-state index in [0.717, 1.165) is 12.1 Å². The summed E-state index contributed by atoms with van der Waals surface area (Å²) < 4.78 is 38.0. The Bertz CT molecular complexity index is 1070. The molecule has 0 aliphatic carbocycles. The van der Waals surface area contributed by atoms with Crippen molar-refractivity contribution in [2.45, 2.75) is 4.90 Å². The minimum atomic E-state index is -4.15. The number of hydrogen-bond donors (Lipinski definition) is 1. The van der Waals surface area contributed by atoms with Gasteiger partial charge in [-0.15, -0.1) is 9.19 Å². The van der Waals surface area contributed by atoms with Gasteiger partial charge in [0.05, 0.1) is 4.90 Å². The number of nitrogens with one attached hydrogen (secondary N) is 1. The number of hydrogen-bond acceptors (Lipinski definition) is 6. The molecular formula is C15H10FN3O4S2. The van der Waals surface area contributed by atoms with Gasteiger partial charge in [-0.1, -0.05) is 18.2 Å². The molecule has 1 amide bonds. The average Bonchev–Trinajstić information content (AvgIpc) is 2.97. The number of amides is 1. The van der Waals surface area contributed by atoms with Crippen LogP contribution in [0, 0.1) is 5.82 Å². The van der Waals surface area contributed by atoms with Crippen molar-refractivity contribution in [3.63, 3.8) is 0 Å². The van der Waals surface area contributed by atoms with Crippen LogP contribution in [0.5, 0.6) is 0 Å². The number of carbonyl (C=O) groups is 1. The highest BCUT2D eigenvalue weighted by atomic mass is 32.2. The van der Waals surface area contributed by atoms with Crippen LogP contribution >= 0.6 is 11.3 Å². The molecule has 0 aliphatic rings. The van der Waals surface area contributed by atoms with Crippen LogP contribution in [0.4, 0.5) is 9.52 Å². The molecule has 2 aromatic carbocycles. The van der Waals surface area contributed by atoms with Gasteiger partial charge in [0.15, 0.2) is 0 Å². The minimum Gasteiger partial charge on any atom is -0.296 e. The molecule has 7 nitrogen and oxygen atoms in total. The maximum absolute atomic E-state index is 12.9. The number of anilines is 1. The summed E-state index contributed by atoms with van der Waals surface area (Å²) in [7, 11) is -4.15. The molecule has 0 bridgehead atoms. The van der Waals surface area contributed by atoms with Crippen LogP contribution in [0.25, 0.3) is 0 Å². The van der Waals surface area contributed by atoms with Crippen LogP contribution < -0.4 is 10.2 Å². The Morgan fingerprint density at radius 2 is 1.72 bits per heavy atom. The number of rotatable bonds is 4. The van der Waals surface area contributed by atoms with E-state index in [1.54, 1.807) is 6.07 Å². The highest BCUT2D eigenvalue weighted by Gasteiger charge is 2.23. The highest BCUT2D eigenvalue weighted by molar-refractivity contribution is 7.90. The molecular weight excluding hydrogens is 369 g/mol. The third-order valence-corrected chi connectivity index (χ3v) is 5.53. The van der Waals surface area contributed by atoms with Gasteiger partial charge in [-0.2, -0.15) is 8.42 Å². The minimum absolute atomic E-state index is 0.0983. The van der Waals surface area contributed by atoms with E-state index in [-0.39, 0.29) is 15.6 Å². The third kappa shape index (κ3) is 3.49. The number of carbonyl (C=O) groups excluding carboxylic acids is 1. The highest BCUT2D eigenvalue weighted by Crippen LogP contribution is 2.15. The molecule has 10 heteroatoms. The zero-order valence-corrected chi connectivity index (χ0v) is 14.1. The van der Waals surface area contributed by atoms with Crippen LogP contribution in [-0.4, -0.2) is 23.5 Å². The van der Waals surface area contributed by atoms with Crippen molar-refractivity contribution in [2.24, 2.45) is 0 Å². The molecule has 3 rings (SSSR count). The van der Waals surface area contributed by atoms with E-state index in [2.05, 4.69) is 10.4 Å². The second-order valence-electron chi connectivity index (χ2n) is 4.80. The number of nitrogens with zero attached hydrogens (tertiary/aromatic N) is 2. The summed E-state index contributed by atoms with van der Waals surface area (Å²) in [6, 6.07) is 12.1. The molecule has 1 aromatic heterocycles. The molecule has 1 N–H and O–H groups in total. The lowest BCUT2D eigenvalue weighted by atomic mass is 10.2. The fourth-order valence-electron chi connectivity index (χ4n) is 1.93. The zero-order valence-electron chi connectivity index (χ0n) is 12.4. The van der Waals surface area contributed by atoms with Crippen LogP contribution in [0.1, 0.15) is 10.4 Å². The second kappa shape index (κ2) is 6.57. The fraction of sp³-hybridized carbons (Fsp3) is 0. The van der Waals surface area contributed by atoms with Crippen molar-refractivity contribution in [3.8, 4) is 0 Å². The standard InChI is InChI=1S/C15H10FN3O4S2/c16-11-8-6-10(7-9-11)13(20)17-14-18-19(15(21)24-14)25(22,23)12-4-2-1-3-5-12/h1-9H,(H,17,18,20). The van der Waals surface area contributed by atoms with E-state index in [1.165, 1.54) is 36.4 Å². The normalized spacial score (nSPS) is 11.2. The lowest BCUT2D eigenvalue weighted by molar-refractivity contribution is 0.102. The Morgan fingerprint density at radius 1 is 1.08 bits per heavy atom. The Morgan fingerprint density at radius 3 is 2.36 bits per heavy atom. The van der Waals surface area contributed by atoms with Gasteiger partial charge < -0.3 is 0 Å². The average molecular weight is 379 g/mol. The molecule has 25 heavy (non-hydrogen) atoms. The van der Waals surface area contributed by atoms with Crippen molar-refractivity contribution >= 4 is 32.4 Å². The van der Waals surface area contributed by atoms with Gasteiger partial charge in [0.25, 0.3) is 15.9 Å². The van der Waals surface area contributed by atoms with Crippen molar-refractivity contribution < 1.29 is 17.6 Å². The van der Waals surface area contributed by atoms with Crippen LogP contribution in [0.2, 0.25) is 0 Å². The summed E-state index contributed by atoms with van der Waals surface area (Å²) >= 11 is 0.473. The predicted octanol–water partition coefficient (Wildman–Crippen LogP) is 1.93. The van der Waals surface area contributed by atoms with Crippen LogP contribution in [0.15, 0.2) is 64.3 Å². The Hall–Kier alpha value is -2.85. The largest absolute Gasteiger partial charge is 0.341 e. The molecule has 0 radical (unpaired) electrons. The third-order valence-electron chi connectivity index (χ3n) is 3.12. The predicted molar refractivity (Wildman–Crippen MR) is 89.8 cm³/mol. The summed E-state index contributed by atoms with van der Waals surface area (Å²) in [4.78, 5) is 23.0.